The third kappa shape index (κ3) is 4.99. The fourth-order valence-corrected chi connectivity index (χ4v) is 4.76. The summed E-state index contributed by atoms with van der Waals surface area (Å²) in [6.45, 7) is 3.73. The minimum absolute atomic E-state index is 0.287. The number of amides is 2. The van der Waals surface area contributed by atoms with Crippen molar-refractivity contribution in [2.24, 2.45) is 5.10 Å². The number of carbonyl (C=O) groups excluding carboxylic acids is 1. The van der Waals surface area contributed by atoms with E-state index in [4.69, 9.17) is 35.4 Å². The highest BCUT2D eigenvalue weighted by atomic mass is 35.5. The molecule has 0 aliphatic carbocycles. The maximum absolute atomic E-state index is 12.7. The molecular formula is C18H17Cl2N5O2S2. The molecule has 1 aromatic heterocycles. The molecule has 1 fully saturated rings. The Morgan fingerprint density at radius 3 is 2.83 bits per heavy atom. The predicted octanol–water partition coefficient (Wildman–Crippen LogP) is 5.08. The number of nitrogens with one attached hydrogen (secondary N) is 1. The van der Waals surface area contributed by atoms with Crippen molar-refractivity contribution in [2.75, 3.05) is 5.32 Å². The molecule has 152 valence electrons. The Hall–Kier alpha value is -1.91. The number of rotatable bonds is 4. The lowest BCUT2D eigenvalue weighted by Gasteiger charge is -2.34. The van der Waals surface area contributed by atoms with Crippen LogP contribution >= 0.6 is 47.2 Å². The first kappa shape index (κ1) is 21.8. The SMILES string of the molecule is CC1(C)SC(=S)N(/N=C/c2cccnc2)C1N(O)C(=O)Nc1ccc(Cl)c(Cl)c1. The number of carbonyl (C=O) groups is 1. The van der Waals surface area contributed by atoms with Gasteiger partial charge in [-0.05, 0) is 38.1 Å². The van der Waals surface area contributed by atoms with Gasteiger partial charge in [-0.25, -0.2) is 9.80 Å². The highest BCUT2D eigenvalue weighted by molar-refractivity contribution is 8.24. The van der Waals surface area contributed by atoms with E-state index in [2.05, 4.69) is 15.4 Å². The Morgan fingerprint density at radius 1 is 1.41 bits per heavy atom. The number of hydrazone groups is 1. The lowest BCUT2D eigenvalue weighted by atomic mass is 10.1. The molecule has 1 aliphatic heterocycles. The van der Waals surface area contributed by atoms with Crippen LogP contribution in [0.25, 0.3) is 0 Å². The number of hydroxylamine groups is 2. The summed E-state index contributed by atoms with van der Waals surface area (Å²) in [5.74, 6) is 0. The van der Waals surface area contributed by atoms with Crippen LogP contribution in [0.4, 0.5) is 10.5 Å². The molecule has 0 spiro atoms. The largest absolute Gasteiger partial charge is 0.347 e. The number of thiocarbonyl (C=S) groups is 1. The fourth-order valence-electron chi connectivity index (χ4n) is 2.67. The maximum Gasteiger partial charge on any atom is 0.347 e. The number of pyridine rings is 1. The highest BCUT2D eigenvalue weighted by Gasteiger charge is 2.50. The monoisotopic (exact) mass is 469 g/mol. The van der Waals surface area contributed by atoms with Gasteiger partial charge in [0.05, 0.1) is 21.0 Å². The molecule has 1 aromatic carbocycles. The van der Waals surface area contributed by atoms with Crippen LogP contribution in [0, 0.1) is 0 Å². The molecule has 0 saturated carbocycles. The van der Waals surface area contributed by atoms with Crippen molar-refractivity contribution in [3.63, 3.8) is 0 Å². The van der Waals surface area contributed by atoms with Crippen LogP contribution in [0.15, 0.2) is 47.8 Å². The summed E-state index contributed by atoms with van der Waals surface area (Å²) in [5.41, 5.74) is 1.15. The van der Waals surface area contributed by atoms with Gasteiger partial charge in [0, 0.05) is 23.6 Å². The molecule has 11 heteroatoms. The average molecular weight is 470 g/mol. The Labute approximate surface area is 187 Å². The number of hydrogen-bond donors (Lipinski definition) is 2. The number of aromatic nitrogens is 1. The van der Waals surface area contributed by atoms with Gasteiger partial charge in [-0.2, -0.15) is 10.2 Å². The van der Waals surface area contributed by atoms with E-state index in [1.165, 1.54) is 22.8 Å². The lowest BCUT2D eigenvalue weighted by molar-refractivity contribution is -0.114. The van der Waals surface area contributed by atoms with E-state index in [0.717, 1.165) is 5.56 Å². The van der Waals surface area contributed by atoms with Crippen molar-refractivity contribution in [3.05, 3.63) is 58.3 Å². The Balaban J connectivity index is 1.81. The number of thioether (sulfide) groups is 1. The minimum atomic E-state index is -0.837. The molecule has 3 rings (SSSR count). The average Bonchev–Trinajstić information content (AvgIpc) is 2.90. The van der Waals surface area contributed by atoms with Crippen molar-refractivity contribution in [1.82, 2.24) is 15.1 Å². The van der Waals surface area contributed by atoms with Crippen LogP contribution in [-0.4, -0.2) is 47.7 Å². The molecular weight excluding hydrogens is 453 g/mol. The van der Waals surface area contributed by atoms with Gasteiger partial charge in [-0.3, -0.25) is 10.2 Å². The summed E-state index contributed by atoms with van der Waals surface area (Å²) in [6.07, 6.45) is 4.03. The van der Waals surface area contributed by atoms with Gasteiger partial charge in [0.25, 0.3) is 0 Å². The van der Waals surface area contributed by atoms with Gasteiger partial charge in [0.1, 0.15) is 0 Å². The Morgan fingerprint density at radius 2 is 2.17 bits per heavy atom. The quantitative estimate of drug-likeness (QED) is 0.281. The molecule has 1 saturated heterocycles. The number of benzene rings is 1. The number of hydrogen-bond acceptors (Lipinski definition) is 6. The van der Waals surface area contributed by atoms with Gasteiger partial charge in [0.2, 0.25) is 0 Å². The van der Waals surface area contributed by atoms with Crippen molar-refractivity contribution in [3.8, 4) is 0 Å². The molecule has 29 heavy (non-hydrogen) atoms. The molecule has 2 aromatic rings. The number of urea groups is 1. The topological polar surface area (TPSA) is 81.1 Å². The standard InChI is InChI=1S/C18H17Cl2N5O2S2/c1-18(2)15(24(17(28)29-18)22-10-11-4-3-7-21-9-11)25(27)16(26)23-12-5-6-13(19)14(20)8-12/h3-10,15,27H,1-2H3,(H,23,26)/b22-10+. The van der Waals surface area contributed by atoms with Gasteiger partial charge < -0.3 is 5.32 Å². The van der Waals surface area contributed by atoms with Crippen LogP contribution in [0.1, 0.15) is 19.4 Å². The van der Waals surface area contributed by atoms with Gasteiger partial charge in [-0.1, -0.05) is 53.2 Å². The smallest absolute Gasteiger partial charge is 0.306 e. The third-order valence-corrected chi connectivity index (χ3v) is 6.29. The molecule has 1 aliphatic rings. The van der Waals surface area contributed by atoms with Crippen molar-refractivity contribution >= 4 is 69.4 Å². The number of anilines is 1. The zero-order chi connectivity index (χ0) is 21.2. The van der Waals surface area contributed by atoms with Gasteiger partial charge in [-0.15, -0.1) is 0 Å². The first-order chi connectivity index (χ1) is 13.7. The molecule has 2 amide bonds. The maximum atomic E-state index is 12.7. The zero-order valence-electron chi connectivity index (χ0n) is 15.4. The van der Waals surface area contributed by atoms with E-state index in [1.807, 2.05) is 19.9 Å². The second kappa shape index (κ2) is 8.85. The second-order valence-corrected chi connectivity index (χ2v) is 9.73. The van der Waals surface area contributed by atoms with E-state index in [9.17, 15) is 10.0 Å². The number of halogens is 2. The molecule has 2 N–H and O–H groups in total. The minimum Gasteiger partial charge on any atom is -0.306 e. The molecule has 1 atom stereocenters. The summed E-state index contributed by atoms with van der Waals surface area (Å²) < 4.78 is -0.186. The van der Waals surface area contributed by atoms with Crippen molar-refractivity contribution in [2.45, 2.75) is 24.8 Å². The van der Waals surface area contributed by atoms with E-state index >= 15 is 0 Å². The Bertz CT molecular complexity index is 959. The molecule has 7 nitrogen and oxygen atoms in total. The second-order valence-electron chi connectivity index (χ2n) is 6.62. The van der Waals surface area contributed by atoms with Crippen molar-refractivity contribution < 1.29 is 10.0 Å². The fraction of sp³-hybridized carbons (Fsp3) is 0.222. The van der Waals surface area contributed by atoms with Gasteiger partial charge >= 0.3 is 6.03 Å². The number of nitrogens with zero attached hydrogens (tertiary/aromatic N) is 4. The highest BCUT2D eigenvalue weighted by Crippen LogP contribution is 2.42. The summed E-state index contributed by atoms with van der Waals surface area (Å²) in [6, 6.07) is 7.48. The normalized spacial score (nSPS) is 18.3. The van der Waals surface area contributed by atoms with Crippen LogP contribution < -0.4 is 5.32 Å². The van der Waals surface area contributed by atoms with E-state index in [-0.39, 0.29) is 5.02 Å². The molecule has 0 radical (unpaired) electrons. The zero-order valence-corrected chi connectivity index (χ0v) is 18.6. The third-order valence-electron chi connectivity index (χ3n) is 4.02. The van der Waals surface area contributed by atoms with Crippen LogP contribution in [0.3, 0.4) is 0 Å². The van der Waals surface area contributed by atoms with Gasteiger partial charge in [0.15, 0.2) is 10.5 Å². The molecule has 1 unspecified atom stereocenters. The lowest BCUT2D eigenvalue weighted by Crippen LogP contribution is -2.54. The van der Waals surface area contributed by atoms with E-state index in [0.29, 0.717) is 20.1 Å². The summed E-state index contributed by atoms with van der Waals surface area (Å²) in [7, 11) is 0. The van der Waals surface area contributed by atoms with E-state index < -0.39 is 16.9 Å². The summed E-state index contributed by atoms with van der Waals surface area (Å²) in [5, 5.41) is 20.3. The molecule has 0 bridgehead atoms. The van der Waals surface area contributed by atoms with Crippen LogP contribution in [0.2, 0.25) is 10.0 Å². The predicted molar refractivity (Wildman–Crippen MR) is 121 cm³/mol. The molecule has 2 heterocycles. The summed E-state index contributed by atoms with van der Waals surface area (Å²) >= 11 is 18.6. The summed E-state index contributed by atoms with van der Waals surface area (Å²) in [4.78, 5) is 16.7. The van der Waals surface area contributed by atoms with E-state index in [1.54, 1.807) is 36.8 Å². The van der Waals surface area contributed by atoms with Crippen LogP contribution in [0.5, 0.6) is 0 Å². The first-order valence-corrected chi connectivity index (χ1v) is 10.4. The Kier molecular flexibility index (Phi) is 6.65. The van der Waals surface area contributed by atoms with Crippen molar-refractivity contribution in [1.29, 1.82) is 0 Å². The first-order valence-electron chi connectivity index (χ1n) is 8.39. The van der Waals surface area contributed by atoms with Crippen LogP contribution in [-0.2, 0) is 0 Å².